The molecule has 42 heavy (non-hydrogen) atoms. The number of carbonyl (C=O) groups excluding carboxylic acids is 1. The summed E-state index contributed by atoms with van der Waals surface area (Å²) in [6, 6.07) is 17.0. The van der Waals surface area contributed by atoms with Gasteiger partial charge in [-0.05, 0) is 61.2 Å². The van der Waals surface area contributed by atoms with E-state index in [9.17, 15) is 9.18 Å². The molecule has 1 saturated carbocycles. The van der Waals surface area contributed by atoms with Crippen LogP contribution in [0.2, 0.25) is 0 Å². The van der Waals surface area contributed by atoms with E-state index in [1.165, 1.54) is 25.3 Å². The minimum Gasteiger partial charge on any atom is -0.481 e. The molecule has 7 rings (SSSR count). The van der Waals surface area contributed by atoms with Crippen molar-refractivity contribution in [3.05, 3.63) is 102 Å². The van der Waals surface area contributed by atoms with Crippen molar-refractivity contribution in [3.8, 4) is 17.0 Å². The third-order valence-corrected chi connectivity index (χ3v) is 8.63. The molecule has 212 valence electrons. The molecule has 1 saturated heterocycles. The van der Waals surface area contributed by atoms with Crippen molar-refractivity contribution in [1.82, 2.24) is 19.5 Å². The molecule has 5 aromatic rings. The summed E-state index contributed by atoms with van der Waals surface area (Å²) in [5.41, 5.74) is 4.08. The van der Waals surface area contributed by atoms with Gasteiger partial charge in [-0.15, -0.1) is 0 Å². The van der Waals surface area contributed by atoms with E-state index in [2.05, 4.69) is 14.5 Å². The highest BCUT2D eigenvalue weighted by Gasteiger charge is 2.50. The van der Waals surface area contributed by atoms with Gasteiger partial charge in [0.15, 0.2) is 0 Å². The fraction of sp³-hybridized carbons (Fsp3) is 0.273. The number of nitrogens with zero attached hydrogens (tertiary/aromatic N) is 5. The topological polar surface area (TPSA) is 73.1 Å². The van der Waals surface area contributed by atoms with Gasteiger partial charge in [0.25, 0.3) is 0 Å². The molecule has 1 aliphatic carbocycles. The molecular weight excluding hydrogens is 536 g/mol. The molecule has 0 radical (unpaired) electrons. The maximum atomic E-state index is 15.4. The Morgan fingerprint density at radius 2 is 1.83 bits per heavy atom. The van der Waals surface area contributed by atoms with Crippen molar-refractivity contribution < 1.29 is 18.3 Å². The number of imidazole rings is 1. The Hall–Kier alpha value is -4.66. The van der Waals surface area contributed by atoms with Crippen LogP contribution in [0.3, 0.4) is 0 Å². The lowest BCUT2D eigenvalue weighted by Crippen LogP contribution is -2.58. The largest absolute Gasteiger partial charge is 0.481 e. The van der Waals surface area contributed by atoms with Gasteiger partial charge in [0, 0.05) is 48.1 Å². The Kier molecular flexibility index (Phi) is 6.45. The first kappa shape index (κ1) is 26.3. The average molecular weight is 566 g/mol. The van der Waals surface area contributed by atoms with Crippen LogP contribution in [0.25, 0.3) is 22.2 Å². The first-order valence-corrected chi connectivity index (χ1v) is 14.2. The van der Waals surface area contributed by atoms with Crippen LogP contribution in [-0.2, 0) is 11.2 Å². The lowest BCUT2D eigenvalue weighted by molar-refractivity contribution is -0.129. The van der Waals surface area contributed by atoms with E-state index >= 15 is 4.39 Å². The van der Waals surface area contributed by atoms with Crippen molar-refractivity contribution >= 4 is 22.8 Å². The number of carbonyl (C=O) groups is 1. The summed E-state index contributed by atoms with van der Waals surface area (Å²) in [6.07, 6.45) is 6.88. The highest BCUT2D eigenvalue weighted by atomic mass is 19.1. The second kappa shape index (κ2) is 10.3. The molecule has 3 atom stereocenters. The summed E-state index contributed by atoms with van der Waals surface area (Å²) in [5, 5.41) is 0. The maximum absolute atomic E-state index is 15.4. The molecule has 3 aromatic heterocycles. The Balaban J connectivity index is 1.28. The predicted octanol–water partition coefficient (Wildman–Crippen LogP) is 6.50. The number of fused-ring (bicyclic) bond motifs is 2. The standard InChI is InChI=1S/C33H29F2N5O2/c1-19(21-7-10-23(34)11-8-21)39-29-15-25(22-9-13-32(42-2)37-18-22)26(35)16-27(29)38-31(39)14-20-6-12-30(36-17-20)40-28-5-3-4-24(28)33(40)41/h6-13,15-19,24,28H,3-5,14H2,1-2H3/t19-,24?,28?/m0/s1. The van der Waals surface area contributed by atoms with Gasteiger partial charge in [0.2, 0.25) is 11.8 Å². The highest BCUT2D eigenvalue weighted by Crippen LogP contribution is 2.42. The van der Waals surface area contributed by atoms with E-state index in [0.717, 1.165) is 41.7 Å². The van der Waals surface area contributed by atoms with Gasteiger partial charge < -0.3 is 9.30 Å². The first-order valence-electron chi connectivity index (χ1n) is 14.2. The van der Waals surface area contributed by atoms with E-state index in [0.29, 0.717) is 34.8 Å². The number of rotatable bonds is 7. The summed E-state index contributed by atoms with van der Waals surface area (Å²) in [5.74, 6) is 1.44. The van der Waals surface area contributed by atoms with Gasteiger partial charge in [0.05, 0.1) is 30.1 Å². The average Bonchev–Trinajstić information content (AvgIpc) is 3.58. The lowest BCUT2D eigenvalue weighted by atomic mass is 9.90. The summed E-state index contributed by atoms with van der Waals surface area (Å²) in [6.45, 7) is 2.02. The number of amides is 1. The number of hydrogen-bond acceptors (Lipinski definition) is 5. The molecule has 1 aliphatic heterocycles. The van der Waals surface area contributed by atoms with Crippen LogP contribution >= 0.6 is 0 Å². The Morgan fingerprint density at radius 3 is 2.55 bits per heavy atom. The minimum atomic E-state index is -0.407. The lowest BCUT2D eigenvalue weighted by Gasteiger charge is -2.42. The maximum Gasteiger partial charge on any atom is 0.233 e. The van der Waals surface area contributed by atoms with E-state index in [4.69, 9.17) is 9.72 Å². The van der Waals surface area contributed by atoms with Gasteiger partial charge in [-0.2, -0.15) is 0 Å². The summed E-state index contributed by atoms with van der Waals surface area (Å²) < 4.78 is 36.4. The van der Waals surface area contributed by atoms with E-state index in [1.54, 1.807) is 42.7 Å². The van der Waals surface area contributed by atoms with Crippen LogP contribution in [0.1, 0.15) is 49.2 Å². The molecule has 2 aliphatic rings. The van der Waals surface area contributed by atoms with Crippen molar-refractivity contribution in [2.24, 2.45) is 5.92 Å². The summed E-state index contributed by atoms with van der Waals surface area (Å²) in [4.78, 5) is 28.2. The number of benzene rings is 2. The van der Waals surface area contributed by atoms with Gasteiger partial charge in [-0.25, -0.2) is 23.7 Å². The molecule has 4 heterocycles. The van der Waals surface area contributed by atoms with Gasteiger partial charge in [-0.1, -0.05) is 24.6 Å². The number of methoxy groups -OCH3 is 1. The summed E-state index contributed by atoms with van der Waals surface area (Å²) >= 11 is 0. The fourth-order valence-electron chi connectivity index (χ4n) is 6.42. The van der Waals surface area contributed by atoms with Crippen molar-refractivity contribution in [1.29, 1.82) is 0 Å². The molecule has 0 N–H and O–H groups in total. The van der Waals surface area contributed by atoms with Crippen molar-refractivity contribution in [3.63, 3.8) is 0 Å². The third-order valence-electron chi connectivity index (χ3n) is 8.63. The van der Waals surface area contributed by atoms with Crippen LogP contribution in [0.15, 0.2) is 73.1 Å². The molecule has 0 bridgehead atoms. The number of β-lactam (4-membered cyclic amide) rings is 1. The van der Waals surface area contributed by atoms with Crippen LogP contribution < -0.4 is 9.64 Å². The number of ether oxygens (including phenoxy) is 1. The van der Waals surface area contributed by atoms with Crippen LogP contribution in [0.4, 0.5) is 14.6 Å². The van der Waals surface area contributed by atoms with Gasteiger partial charge in [0.1, 0.15) is 23.3 Å². The zero-order chi connectivity index (χ0) is 29.0. The SMILES string of the molecule is COc1ccc(-c2cc3c(cc2F)nc(Cc2ccc(N4C(=O)C5CCCC54)nc2)n3[C@@H](C)c2ccc(F)cc2)cn1. The van der Waals surface area contributed by atoms with Crippen LogP contribution in [-0.4, -0.2) is 38.6 Å². The van der Waals surface area contributed by atoms with E-state index < -0.39 is 5.82 Å². The summed E-state index contributed by atoms with van der Waals surface area (Å²) in [7, 11) is 1.53. The quantitative estimate of drug-likeness (QED) is 0.211. The Bertz CT molecular complexity index is 1790. The van der Waals surface area contributed by atoms with E-state index in [-0.39, 0.29) is 29.7 Å². The number of hydrogen-bond donors (Lipinski definition) is 0. The molecule has 7 nitrogen and oxygen atoms in total. The van der Waals surface area contributed by atoms with Gasteiger partial charge >= 0.3 is 0 Å². The third kappa shape index (κ3) is 4.40. The molecule has 2 fully saturated rings. The molecule has 2 unspecified atom stereocenters. The Morgan fingerprint density at radius 1 is 1.00 bits per heavy atom. The highest BCUT2D eigenvalue weighted by molar-refractivity contribution is 6.02. The smallest absolute Gasteiger partial charge is 0.233 e. The molecule has 1 amide bonds. The van der Waals surface area contributed by atoms with E-state index in [1.807, 2.05) is 24.0 Å². The van der Waals surface area contributed by atoms with Gasteiger partial charge in [-0.3, -0.25) is 9.69 Å². The zero-order valence-electron chi connectivity index (χ0n) is 23.3. The first-order chi connectivity index (χ1) is 20.4. The molecule has 9 heteroatoms. The normalized spacial score (nSPS) is 18.7. The van der Waals surface area contributed by atoms with Crippen molar-refractivity contribution in [2.45, 2.75) is 44.7 Å². The number of aromatic nitrogens is 4. The second-order valence-electron chi connectivity index (χ2n) is 11.0. The van der Waals surface area contributed by atoms with Crippen molar-refractivity contribution in [2.75, 3.05) is 12.0 Å². The Labute approximate surface area is 241 Å². The predicted molar refractivity (Wildman–Crippen MR) is 155 cm³/mol. The van der Waals surface area contributed by atoms with Crippen LogP contribution in [0.5, 0.6) is 5.88 Å². The number of pyridine rings is 2. The number of anilines is 1. The zero-order valence-corrected chi connectivity index (χ0v) is 23.3. The monoisotopic (exact) mass is 565 g/mol. The van der Waals surface area contributed by atoms with Crippen LogP contribution in [0, 0.1) is 17.6 Å². The number of halogens is 2. The fourth-order valence-corrected chi connectivity index (χ4v) is 6.42. The molecule has 2 aromatic carbocycles. The molecule has 0 spiro atoms. The second-order valence-corrected chi connectivity index (χ2v) is 11.0. The minimum absolute atomic E-state index is 0.151. The molecular formula is C33H29F2N5O2.